The molecule has 1 heterocycles. The quantitative estimate of drug-likeness (QED) is 0.546. The summed E-state index contributed by atoms with van der Waals surface area (Å²) in [5.41, 5.74) is 0. The van der Waals surface area contributed by atoms with Crippen LogP contribution in [0.1, 0.15) is 27.2 Å². The molecule has 0 spiro atoms. The van der Waals surface area contributed by atoms with Gasteiger partial charge in [-0.3, -0.25) is 14.4 Å². The van der Waals surface area contributed by atoms with Gasteiger partial charge in [-0.15, -0.1) is 0 Å². The topological polar surface area (TPSA) is 108 Å². The number of rotatable bonds is 4. The second-order valence-electron chi connectivity index (χ2n) is 4.39. The van der Waals surface area contributed by atoms with Crippen LogP contribution in [0.5, 0.6) is 0 Å². The first-order valence-electron chi connectivity index (χ1n) is 6.11. The molecule has 1 aliphatic heterocycles. The molecule has 0 amide bonds. The minimum atomic E-state index is -1.20. The van der Waals surface area contributed by atoms with Crippen molar-refractivity contribution in [2.75, 3.05) is 6.61 Å². The maximum Gasteiger partial charge on any atom is 0.303 e. The molecule has 1 fully saturated rings. The smallest absolute Gasteiger partial charge is 0.303 e. The van der Waals surface area contributed by atoms with Crippen molar-refractivity contribution >= 4 is 17.9 Å². The van der Waals surface area contributed by atoms with Gasteiger partial charge in [-0.05, 0) is 0 Å². The van der Waals surface area contributed by atoms with Crippen LogP contribution in [0.2, 0.25) is 0 Å². The minimum Gasteiger partial charge on any atom is -0.463 e. The minimum absolute atomic E-state index is 0.0336. The van der Waals surface area contributed by atoms with Gasteiger partial charge in [-0.25, -0.2) is 0 Å². The monoisotopic (exact) mass is 290 g/mol. The summed E-state index contributed by atoms with van der Waals surface area (Å²) >= 11 is 0. The molecule has 0 aromatic heterocycles. The van der Waals surface area contributed by atoms with Gasteiger partial charge in [-0.1, -0.05) is 0 Å². The van der Waals surface area contributed by atoms with Gasteiger partial charge in [0.1, 0.15) is 18.8 Å². The van der Waals surface area contributed by atoms with Crippen molar-refractivity contribution in [2.24, 2.45) is 0 Å². The molecule has 1 unspecified atom stereocenters. The van der Waals surface area contributed by atoms with Crippen LogP contribution in [0.4, 0.5) is 0 Å². The Morgan fingerprint density at radius 1 is 1.10 bits per heavy atom. The molecule has 4 atom stereocenters. The zero-order valence-corrected chi connectivity index (χ0v) is 11.5. The molecule has 8 heteroatoms. The molecule has 114 valence electrons. The molecule has 20 heavy (non-hydrogen) atoms. The second-order valence-corrected chi connectivity index (χ2v) is 4.39. The van der Waals surface area contributed by atoms with Crippen LogP contribution in [0, 0.1) is 0 Å². The normalized spacial score (nSPS) is 29.4. The standard InChI is InChI=1S/C12H18O8/c1-6(13)17-5-10-12(19-8(3)15)9(18-7(2)14)4-11(16)20-10/h9-12,16H,4-5H2,1-3H3/t9-,10?,11+,12+/m1/s1. The van der Waals surface area contributed by atoms with Crippen LogP contribution in [0.15, 0.2) is 0 Å². The second kappa shape index (κ2) is 7.20. The summed E-state index contributed by atoms with van der Waals surface area (Å²) in [5.74, 6) is -1.72. The average Bonchev–Trinajstić information content (AvgIpc) is 2.28. The van der Waals surface area contributed by atoms with Crippen molar-refractivity contribution in [1.29, 1.82) is 0 Å². The lowest BCUT2D eigenvalue weighted by atomic mass is 10.0. The van der Waals surface area contributed by atoms with E-state index >= 15 is 0 Å². The van der Waals surface area contributed by atoms with Gasteiger partial charge in [0.15, 0.2) is 12.4 Å². The van der Waals surface area contributed by atoms with Crippen molar-refractivity contribution in [1.82, 2.24) is 0 Å². The lowest BCUT2D eigenvalue weighted by Crippen LogP contribution is -2.53. The Labute approximate surface area is 115 Å². The summed E-state index contributed by atoms with van der Waals surface area (Å²) in [5, 5.41) is 9.59. The molecular weight excluding hydrogens is 272 g/mol. The molecule has 0 aromatic carbocycles. The van der Waals surface area contributed by atoms with E-state index in [1.54, 1.807) is 0 Å². The third kappa shape index (κ3) is 5.14. The van der Waals surface area contributed by atoms with Gasteiger partial charge in [0.05, 0.1) is 0 Å². The molecule has 0 aliphatic carbocycles. The fraction of sp³-hybridized carbons (Fsp3) is 0.750. The highest BCUT2D eigenvalue weighted by atomic mass is 16.7. The van der Waals surface area contributed by atoms with Crippen molar-refractivity contribution in [3.8, 4) is 0 Å². The predicted molar refractivity (Wildman–Crippen MR) is 63.2 cm³/mol. The molecular formula is C12H18O8. The third-order valence-corrected chi connectivity index (χ3v) is 2.57. The number of aliphatic hydroxyl groups excluding tert-OH is 1. The summed E-state index contributed by atoms with van der Waals surface area (Å²) in [6, 6.07) is 0. The van der Waals surface area contributed by atoms with Crippen LogP contribution in [-0.2, 0) is 33.3 Å². The lowest BCUT2D eigenvalue weighted by Gasteiger charge is -2.38. The maximum absolute atomic E-state index is 11.1. The van der Waals surface area contributed by atoms with Crippen molar-refractivity contribution in [3.05, 3.63) is 0 Å². The Morgan fingerprint density at radius 3 is 2.20 bits per heavy atom. The Bertz CT molecular complexity index is 380. The molecule has 0 aromatic rings. The fourth-order valence-electron chi connectivity index (χ4n) is 1.91. The molecule has 8 nitrogen and oxygen atoms in total. The Kier molecular flexibility index (Phi) is 5.90. The van der Waals surface area contributed by atoms with E-state index in [-0.39, 0.29) is 13.0 Å². The largest absolute Gasteiger partial charge is 0.463 e. The molecule has 1 saturated heterocycles. The van der Waals surface area contributed by atoms with E-state index in [4.69, 9.17) is 18.9 Å². The summed E-state index contributed by atoms with van der Waals surface area (Å²) in [6.07, 6.45) is -3.95. The zero-order valence-electron chi connectivity index (χ0n) is 11.5. The van der Waals surface area contributed by atoms with E-state index in [0.717, 1.165) is 0 Å². The fourth-order valence-corrected chi connectivity index (χ4v) is 1.91. The van der Waals surface area contributed by atoms with Crippen LogP contribution < -0.4 is 0 Å². The van der Waals surface area contributed by atoms with Crippen LogP contribution in [-0.4, -0.2) is 54.2 Å². The Morgan fingerprint density at radius 2 is 1.70 bits per heavy atom. The highest BCUT2D eigenvalue weighted by molar-refractivity contribution is 5.67. The van der Waals surface area contributed by atoms with E-state index in [1.165, 1.54) is 20.8 Å². The van der Waals surface area contributed by atoms with Crippen LogP contribution >= 0.6 is 0 Å². The molecule has 0 saturated carbocycles. The maximum atomic E-state index is 11.1. The van der Waals surface area contributed by atoms with Crippen molar-refractivity contribution in [3.63, 3.8) is 0 Å². The van der Waals surface area contributed by atoms with E-state index in [2.05, 4.69) is 0 Å². The average molecular weight is 290 g/mol. The van der Waals surface area contributed by atoms with E-state index in [0.29, 0.717) is 0 Å². The van der Waals surface area contributed by atoms with Crippen LogP contribution in [0.25, 0.3) is 0 Å². The number of esters is 3. The van der Waals surface area contributed by atoms with Gasteiger partial charge >= 0.3 is 17.9 Å². The number of hydrogen-bond donors (Lipinski definition) is 1. The first-order valence-corrected chi connectivity index (χ1v) is 6.11. The first kappa shape index (κ1) is 16.4. The first-order chi connectivity index (χ1) is 9.29. The SMILES string of the molecule is CC(=O)OCC1O[C@H](O)C[C@@H](OC(C)=O)[C@@H]1OC(C)=O. The summed E-state index contributed by atoms with van der Waals surface area (Å²) in [7, 11) is 0. The summed E-state index contributed by atoms with van der Waals surface area (Å²) < 4.78 is 20.0. The van der Waals surface area contributed by atoms with Gasteiger partial charge in [0.2, 0.25) is 0 Å². The highest BCUT2D eigenvalue weighted by Crippen LogP contribution is 2.25. The number of hydrogen-bond acceptors (Lipinski definition) is 8. The highest BCUT2D eigenvalue weighted by Gasteiger charge is 2.43. The van der Waals surface area contributed by atoms with E-state index < -0.39 is 42.5 Å². The van der Waals surface area contributed by atoms with Crippen molar-refractivity contribution < 1.29 is 38.4 Å². The number of carbonyl (C=O) groups excluding carboxylic acids is 3. The van der Waals surface area contributed by atoms with Gasteiger partial charge in [-0.2, -0.15) is 0 Å². The Hall–Kier alpha value is -1.67. The van der Waals surface area contributed by atoms with E-state index in [9.17, 15) is 19.5 Å². The van der Waals surface area contributed by atoms with Crippen molar-refractivity contribution in [2.45, 2.75) is 51.8 Å². The summed E-state index contributed by atoms with van der Waals surface area (Å²) in [6.45, 7) is 3.39. The van der Waals surface area contributed by atoms with Gasteiger partial charge in [0, 0.05) is 27.2 Å². The number of ether oxygens (including phenoxy) is 4. The predicted octanol–water partition coefficient (Wildman–Crippen LogP) is -0.480. The molecule has 0 radical (unpaired) electrons. The van der Waals surface area contributed by atoms with Gasteiger partial charge in [0.25, 0.3) is 0 Å². The summed E-state index contributed by atoms with van der Waals surface area (Å²) in [4.78, 5) is 33.0. The molecule has 1 rings (SSSR count). The van der Waals surface area contributed by atoms with Gasteiger partial charge < -0.3 is 24.1 Å². The lowest BCUT2D eigenvalue weighted by molar-refractivity contribution is -0.252. The number of aliphatic hydroxyl groups is 1. The number of carbonyl (C=O) groups is 3. The molecule has 1 N–H and O–H groups in total. The third-order valence-electron chi connectivity index (χ3n) is 2.57. The molecule has 1 aliphatic rings. The van der Waals surface area contributed by atoms with Crippen LogP contribution in [0.3, 0.4) is 0 Å². The Balaban J connectivity index is 2.82. The molecule has 0 bridgehead atoms. The zero-order chi connectivity index (χ0) is 15.3. The van der Waals surface area contributed by atoms with E-state index in [1.807, 2.05) is 0 Å².